The molecule has 1 amide bonds. The van der Waals surface area contributed by atoms with Crippen molar-refractivity contribution in [3.63, 3.8) is 0 Å². The van der Waals surface area contributed by atoms with Crippen LogP contribution < -0.4 is 11.1 Å². The summed E-state index contributed by atoms with van der Waals surface area (Å²) in [7, 11) is 1.62. The molecule has 2 aliphatic rings. The Labute approximate surface area is 155 Å². The first-order chi connectivity index (χ1) is 12.7. The summed E-state index contributed by atoms with van der Waals surface area (Å²) in [4.78, 5) is 19.9. The summed E-state index contributed by atoms with van der Waals surface area (Å²) >= 11 is 0. The molecule has 1 saturated heterocycles. The van der Waals surface area contributed by atoms with Gasteiger partial charge in [0.2, 0.25) is 5.91 Å². The molecule has 1 saturated carbocycles. The van der Waals surface area contributed by atoms with Crippen LogP contribution in [0.4, 0.5) is 0 Å². The molecule has 1 aliphatic heterocycles. The summed E-state index contributed by atoms with van der Waals surface area (Å²) in [5.41, 5.74) is 6.95. The number of oxime groups is 1. The summed E-state index contributed by atoms with van der Waals surface area (Å²) in [6.07, 6.45) is 6.40. The van der Waals surface area contributed by atoms with Crippen molar-refractivity contribution in [2.75, 3.05) is 20.2 Å². The summed E-state index contributed by atoms with van der Waals surface area (Å²) in [6, 6.07) is 9.11. The molecule has 1 atom stereocenters. The lowest BCUT2D eigenvalue weighted by Crippen LogP contribution is -2.44. The minimum Gasteiger partial charge on any atom is -0.398 e. The highest BCUT2D eigenvalue weighted by Crippen LogP contribution is 2.28. The maximum atomic E-state index is 12.5. The molecule has 0 bridgehead atoms. The van der Waals surface area contributed by atoms with Gasteiger partial charge in [-0.3, -0.25) is 4.79 Å². The molecule has 1 heterocycles. The Morgan fingerprint density at radius 1 is 1.19 bits per heavy atom. The Morgan fingerprint density at radius 3 is 2.46 bits per heavy atom. The molecule has 0 aromatic heterocycles. The SMILES string of the molecule is CON=C(C1CCC(NC(=O)C(N)c2ccccc2)CC1)N1CCCC1. The number of likely N-dealkylation sites (tertiary alicyclic amines) is 1. The van der Waals surface area contributed by atoms with Crippen molar-refractivity contribution in [2.24, 2.45) is 16.8 Å². The van der Waals surface area contributed by atoms with Gasteiger partial charge in [0.15, 0.2) is 0 Å². The summed E-state index contributed by atoms with van der Waals surface area (Å²) in [6.45, 7) is 2.15. The minimum absolute atomic E-state index is 0.0926. The zero-order valence-electron chi connectivity index (χ0n) is 15.6. The molecule has 0 radical (unpaired) electrons. The van der Waals surface area contributed by atoms with Crippen LogP contribution in [0.25, 0.3) is 0 Å². The van der Waals surface area contributed by atoms with Crippen LogP contribution in [-0.2, 0) is 9.63 Å². The van der Waals surface area contributed by atoms with Crippen LogP contribution in [-0.4, -0.2) is 42.9 Å². The molecule has 142 valence electrons. The van der Waals surface area contributed by atoms with Crippen molar-refractivity contribution in [3.05, 3.63) is 35.9 Å². The quantitative estimate of drug-likeness (QED) is 0.481. The van der Waals surface area contributed by atoms with Gasteiger partial charge in [-0.2, -0.15) is 0 Å². The normalized spacial score (nSPS) is 25.0. The van der Waals surface area contributed by atoms with Gasteiger partial charge in [-0.15, -0.1) is 0 Å². The molecular formula is C20H30N4O2. The third-order valence-corrected chi connectivity index (χ3v) is 5.49. The second-order valence-corrected chi connectivity index (χ2v) is 7.27. The van der Waals surface area contributed by atoms with Crippen LogP contribution in [0.15, 0.2) is 35.5 Å². The first kappa shape index (κ1) is 18.7. The van der Waals surface area contributed by atoms with Gasteiger partial charge in [-0.1, -0.05) is 35.5 Å². The molecule has 6 nitrogen and oxygen atoms in total. The Bertz CT molecular complexity index is 605. The van der Waals surface area contributed by atoms with Gasteiger partial charge >= 0.3 is 0 Å². The first-order valence-corrected chi connectivity index (χ1v) is 9.66. The summed E-state index contributed by atoms with van der Waals surface area (Å²) in [5, 5.41) is 7.45. The second-order valence-electron chi connectivity index (χ2n) is 7.27. The number of carbonyl (C=O) groups excluding carboxylic acids is 1. The molecule has 1 aromatic rings. The van der Waals surface area contributed by atoms with Crippen molar-refractivity contribution in [2.45, 2.75) is 50.6 Å². The maximum absolute atomic E-state index is 12.5. The van der Waals surface area contributed by atoms with Crippen LogP contribution in [0.2, 0.25) is 0 Å². The van der Waals surface area contributed by atoms with Gasteiger partial charge < -0.3 is 20.8 Å². The van der Waals surface area contributed by atoms with E-state index in [9.17, 15) is 4.79 Å². The molecule has 3 N–H and O–H groups in total. The molecule has 1 unspecified atom stereocenters. The standard InChI is InChI=1S/C20H30N4O2/c1-26-23-19(24-13-5-6-14-24)16-9-11-17(12-10-16)22-20(25)18(21)15-7-3-2-4-8-15/h2-4,7-8,16-18H,5-6,9-14,21H2,1H3,(H,22,25). The van der Waals surface area contributed by atoms with E-state index in [-0.39, 0.29) is 11.9 Å². The third kappa shape index (κ3) is 4.55. The Balaban J connectivity index is 1.51. The smallest absolute Gasteiger partial charge is 0.241 e. The van der Waals surface area contributed by atoms with E-state index in [1.54, 1.807) is 7.11 Å². The third-order valence-electron chi connectivity index (χ3n) is 5.49. The van der Waals surface area contributed by atoms with E-state index in [1.807, 2.05) is 30.3 Å². The number of nitrogens with two attached hydrogens (primary N) is 1. The highest BCUT2D eigenvalue weighted by molar-refractivity contribution is 5.85. The zero-order chi connectivity index (χ0) is 18.4. The predicted molar refractivity (Wildman–Crippen MR) is 103 cm³/mol. The van der Waals surface area contributed by atoms with Gasteiger partial charge in [0.05, 0.1) is 0 Å². The molecule has 26 heavy (non-hydrogen) atoms. The number of nitrogens with zero attached hydrogens (tertiary/aromatic N) is 2. The average Bonchev–Trinajstić information content (AvgIpc) is 3.21. The van der Waals surface area contributed by atoms with Crippen molar-refractivity contribution in [1.82, 2.24) is 10.2 Å². The fourth-order valence-electron chi connectivity index (χ4n) is 4.03. The molecule has 6 heteroatoms. The van der Waals surface area contributed by atoms with E-state index in [1.165, 1.54) is 12.8 Å². The van der Waals surface area contributed by atoms with Crippen molar-refractivity contribution < 1.29 is 9.63 Å². The fourth-order valence-corrected chi connectivity index (χ4v) is 4.03. The lowest BCUT2D eigenvalue weighted by atomic mass is 9.84. The number of rotatable bonds is 5. The maximum Gasteiger partial charge on any atom is 0.241 e. The van der Waals surface area contributed by atoms with Crippen molar-refractivity contribution in [1.29, 1.82) is 0 Å². The van der Waals surface area contributed by atoms with E-state index in [0.29, 0.717) is 5.92 Å². The van der Waals surface area contributed by atoms with E-state index in [2.05, 4.69) is 15.4 Å². The van der Waals surface area contributed by atoms with Gasteiger partial charge in [0.25, 0.3) is 0 Å². The molecule has 1 aromatic carbocycles. The zero-order valence-corrected chi connectivity index (χ0v) is 15.6. The Hall–Kier alpha value is -2.08. The van der Waals surface area contributed by atoms with Crippen molar-refractivity contribution >= 4 is 11.7 Å². The Kier molecular flexibility index (Phi) is 6.50. The molecule has 1 aliphatic carbocycles. The number of hydrogen-bond acceptors (Lipinski definition) is 4. The number of carbonyl (C=O) groups is 1. The van der Waals surface area contributed by atoms with Gasteiger partial charge in [0.1, 0.15) is 19.0 Å². The lowest BCUT2D eigenvalue weighted by molar-refractivity contribution is -0.123. The highest BCUT2D eigenvalue weighted by Gasteiger charge is 2.31. The van der Waals surface area contributed by atoms with E-state index < -0.39 is 6.04 Å². The van der Waals surface area contributed by atoms with E-state index in [4.69, 9.17) is 10.6 Å². The van der Waals surface area contributed by atoms with Gasteiger partial charge in [-0.25, -0.2) is 0 Å². The first-order valence-electron chi connectivity index (χ1n) is 9.66. The number of amides is 1. The van der Waals surface area contributed by atoms with Gasteiger partial charge in [0, 0.05) is 25.0 Å². The van der Waals surface area contributed by atoms with E-state index in [0.717, 1.165) is 50.2 Å². The molecule has 2 fully saturated rings. The summed E-state index contributed by atoms with van der Waals surface area (Å²) < 4.78 is 0. The van der Waals surface area contributed by atoms with Crippen molar-refractivity contribution in [3.8, 4) is 0 Å². The molecular weight excluding hydrogens is 328 g/mol. The van der Waals surface area contributed by atoms with Crippen LogP contribution >= 0.6 is 0 Å². The monoisotopic (exact) mass is 358 g/mol. The van der Waals surface area contributed by atoms with Crippen LogP contribution in [0.3, 0.4) is 0 Å². The lowest BCUT2D eigenvalue weighted by Gasteiger charge is -2.33. The largest absolute Gasteiger partial charge is 0.398 e. The average molecular weight is 358 g/mol. The fraction of sp³-hybridized carbons (Fsp3) is 0.600. The van der Waals surface area contributed by atoms with Crippen LogP contribution in [0, 0.1) is 5.92 Å². The predicted octanol–water partition coefficient (Wildman–Crippen LogP) is 2.42. The minimum atomic E-state index is -0.607. The number of benzene rings is 1. The van der Waals surface area contributed by atoms with E-state index >= 15 is 0 Å². The second kappa shape index (κ2) is 9.03. The summed E-state index contributed by atoms with van der Waals surface area (Å²) in [5.74, 6) is 1.42. The molecule has 0 spiro atoms. The number of nitrogens with one attached hydrogen (secondary N) is 1. The number of hydrogen-bond donors (Lipinski definition) is 2. The van der Waals surface area contributed by atoms with Gasteiger partial charge in [-0.05, 0) is 44.1 Å². The Morgan fingerprint density at radius 2 is 1.85 bits per heavy atom. The number of amidine groups is 1. The van der Waals surface area contributed by atoms with Crippen LogP contribution in [0.1, 0.15) is 50.1 Å². The molecule has 3 rings (SSSR count). The van der Waals surface area contributed by atoms with Crippen LogP contribution in [0.5, 0.6) is 0 Å². The topological polar surface area (TPSA) is 79.9 Å². The highest BCUT2D eigenvalue weighted by atomic mass is 16.6.